The molecule has 17 heavy (non-hydrogen) atoms. The fourth-order valence-electron chi connectivity index (χ4n) is 2.77. The Bertz CT molecular complexity index is 348. The van der Waals surface area contributed by atoms with Crippen molar-refractivity contribution in [3.8, 4) is 0 Å². The van der Waals surface area contributed by atoms with Crippen molar-refractivity contribution in [3.63, 3.8) is 0 Å². The Balaban J connectivity index is 1.53. The normalized spacial score (nSPS) is 28.2. The highest BCUT2D eigenvalue weighted by Gasteiger charge is 2.34. The van der Waals surface area contributed by atoms with E-state index in [1.807, 2.05) is 6.20 Å². The van der Waals surface area contributed by atoms with Crippen molar-refractivity contribution >= 4 is 11.3 Å². The van der Waals surface area contributed by atoms with Gasteiger partial charge in [-0.1, -0.05) is 6.92 Å². The summed E-state index contributed by atoms with van der Waals surface area (Å²) in [6.45, 7) is 7.05. The van der Waals surface area contributed by atoms with Crippen LogP contribution in [-0.4, -0.2) is 42.1 Å². The third-order valence-electron chi connectivity index (χ3n) is 3.89. The number of hydrogen-bond donors (Lipinski definition) is 1. The molecular weight excluding hydrogens is 230 g/mol. The molecule has 2 unspecified atom stereocenters. The van der Waals surface area contributed by atoms with Crippen molar-refractivity contribution in [3.05, 3.63) is 16.6 Å². The van der Waals surface area contributed by atoms with Crippen LogP contribution < -0.4 is 5.32 Å². The lowest BCUT2D eigenvalue weighted by molar-refractivity contribution is 0.181. The number of piperazine rings is 1. The summed E-state index contributed by atoms with van der Waals surface area (Å²) in [4.78, 5) is 7.04. The average molecular weight is 251 g/mol. The lowest BCUT2D eigenvalue weighted by atomic mass is 10.1. The zero-order valence-electron chi connectivity index (χ0n) is 10.4. The summed E-state index contributed by atoms with van der Waals surface area (Å²) < 4.78 is 0. The third kappa shape index (κ3) is 2.87. The van der Waals surface area contributed by atoms with Gasteiger partial charge in [0.15, 0.2) is 0 Å². The zero-order chi connectivity index (χ0) is 11.7. The van der Waals surface area contributed by atoms with Gasteiger partial charge in [0, 0.05) is 49.7 Å². The summed E-state index contributed by atoms with van der Waals surface area (Å²) >= 11 is 1.79. The van der Waals surface area contributed by atoms with E-state index in [0.717, 1.165) is 18.5 Å². The van der Waals surface area contributed by atoms with Gasteiger partial charge >= 0.3 is 0 Å². The predicted molar refractivity (Wildman–Crippen MR) is 71.5 cm³/mol. The Morgan fingerprint density at radius 3 is 3.18 bits per heavy atom. The first-order valence-electron chi connectivity index (χ1n) is 6.68. The molecule has 4 heteroatoms. The van der Waals surface area contributed by atoms with Crippen LogP contribution >= 0.6 is 11.3 Å². The summed E-state index contributed by atoms with van der Waals surface area (Å²) in [5.74, 6) is 1.54. The van der Waals surface area contributed by atoms with Gasteiger partial charge in [0.2, 0.25) is 0 Å². The van der Waals surface area contributed by atoms with Crippen molar-refractivity contribution < 1.29 is 0 Å². The molecule has 1 aliphatic heterocycles. The van der Waals surface area contributed by atoms with Crippen LogP contribution in [0.15, 0.2) is 11.6 Å². The summed E-state index contributed by atoms with van der Waals surface area (Å²) in [7, 11) is 0. The molecule has 1 aromatic rings. The molecule has 0 aromatic carbocycles. The molecule has 1 aliphatic carbocycles. The predicted octanol–water partition coefficient (Wildman–Crippen LogP) is 1.93. The van der Waals surface area contributed by atoms with E-state index in [4.69, 9.17) is 0 Å². The van der Waals surface area contributed by atoms with Gasteiger partial charge in [0.1, 0.15) is 0 Å². The largest absolute Gasteiger partial charge is 0.311 e. The highest BCUT2D eigenvalue weighted by atomic mass is 32.1. The van der Waals surface area contributed by atoms with E-state index in [-0.39, 0.29) is 0 Å². The lowest BCUT2D eigenvalue weighted by Gasteiger charge is -2.35. The van der Waals surface area contributed by atoms with Crippen molar-refractivity contribution in [1.29, 1.82) is 0 Å². The standard InChI is InChI=1S/C13H21N3S/c1-10(13-15-5-7-17-13)8-16-6-4-14-12(9-16)11-2-3-11/h5,7,10-12,14H,2-4,6,8-9H2,1H3. The van der Waals surface area contributed by atoms with Gasteiger partial charge in [-0.05, 0) is 18.8 Å². The van der Waals surface area contributed by atoms with Gasteiger partial charge in [-0.2, -0.15) is 0 Å². The summed E-state index contributed by atoms with van der Waals surface area (Å²) in [6.07, 6.45) is 4.79. The first-order valence-corrected chi connectivity index (χ1v) is 7.56. The molecule has 1 saturated carbocycles. The van der Waals surface area contributed by atoms with E-state index in [9.17, 15) is 0 Å². The maximum Gasteiger partial charge on any atom is 0.0965 e. The van der Waals surface area contributed by atoms with Crippen molar-refractivity contribution in [2.24, 2.45) is 5.92 Å². The Morgan fingerprint density at radius 1 is 1.59 bits per heavy atom. The molecule has 1 N–H and O–H groups in total. The van der Waals surface area contributed by atoms with Crippen LogP contribution in [0.2, 0.25) is 0 Å². The van der Waals surface area contributed by atoms with E-state index in [1.54, 1.807) is 11.3 Å². The Hall–Kier alpha value is -0.450. The van der Waals surface area contributed by atoms with Crippen molar-refractivity contribution in [2.75, 3.05) is 26.2 Å². The molecule has 0 radical (unpaired) electrons. The molecule has 2 aliphatic rings. The van der Waals surface area contributed by atoms with Gasteiger partial charge in [-0.25, -0.2) is 4.98 Å². The topological polar surface area (TPSA) is 28.2 Å². The first-order chi connectivity index (χ1) is 8.33. The highest BCUT2D eigenvalue weighted by Crippen LogP contribution is 2.34. The maximum atomic E-state index is 4.42. The highest BCUT2D eigenvalue weighted by molar-refractivity contribution is 7.09. The monoisotopic (exact) mass is 251 g/mol. The fourth-order valence-corrected chi connectivity index (χ4v) is 3.46. The van der Waals surface area contributed by atoms with Crippen molar-refractivity contribution in [1.82, 2.24) is 15.2 Å². The molecule has 1 aromatic heterocycles. The minimum absolute atomic E-state index is 0.577. The van der Waals surface area contributed by atoms with Crippen LogP contribution in [0.1, 0.15) is 30.7 Å². The van der Waals surface area contributed by atoms with Crippen molar-refractivity contribution in [2.45, 2.75) is 31.7 Å². The smallest absolute Gasteiger partial charge is 0.0965 e. The number of rotatable bonds is 4. The van der Waals surface area contributed by atoms with Crippen LogP contribution in [-0.2, 0) is 0 Å². The van der Waals surface area contributed by atoms with Gasteiger partial charge < -0.3 is 5.32 Å². The van der Waals surface area contributed by atoms with E-state index in [2.05, 4.69) is 27.5 Å². The average Bonchev–Trinajstić information content (AvgIpc) is 3.04. The maximum absolute atomic E-state index is 4.42. The third-order valence-corrected chi connectivity index (χ3v) is 4.89. The summed E-state index contributed by atoms with van der Waals surface area (Å²) in [5, 5.41) is 7.03. The Kier molecular flexibility index (Phi) is 3.45. The van der Waals surface area contributed by atoms with Crippen LogP contribution in [0.3, 0.4) is 0 Å². The number of nitrogens with zero attached hydrogens (tertiary/aromatic N) is 2. The molecule has 1 saturated heterocycles. The van der Waals surface area contributed by atoms with Crippen LogP contribution in [0, 0.1) is 5.92 Å². The summed E-state index contributed by atoms with van der Waals surface area (Å²) in [6, 6.07) is 0.757. The number of aromatic nitrogens is 1. The van der Waals surface area contributed by atoms with Gasteiger partial charge in [0.25, 0.3) is 0 Å². The minimum Gasteiger partial charge on any atom is -0.311 e. The van der Waals surface area contributed by atoms with E-state index >= 15 is 0 Å². The quantitative estimate of drug-likeness (QED) is 0.886. The van der Waals surface area contributed by atoms with Crippen LogP contribution in [0.4, 0.5) is 0 Å². The molecule has 3 nitrogen and oxygen atoms in total. The molecule has 0 spiro atoms. The fraction of sp³-hybridized carbons (Fsp3) is 0.769. The lowest BCUT2D eigenvalue weighted by Crippen LogP contribution is -2.52. The Labute approximate surface area is 107 Å². The molecule has 3 rings (SSSR count). The second kappa shape index (κ2) is 5.04. The molecular formula is C13H21N3S. The first kappa shape index (κ1) is 11.6. The van der Waals surface area contributed by atoms with Crippen LogP contribution in [0.25, 0.3) is 0 Å². The molecule has 0 bridgehead atoms. The van der Waals surface area contributed by atoms with Gasteiger partial charge in [-0.3, -0.25) is 4.90 Å². The number of nitrogens with one attached hydrogen (secondary N) is 1. The minimum atomic E-state index is 0.577. The molecule has 2 atom stereocenters. The summed E-state index contributed by atoms with van der Waals surface area (Å²) in [5.41, 5.74) is 0. The second-order valence-corrected chi connectivity index (χ2v) is 6.36. The van der Waals surface area contributed by atoms with Gasteiger partial charge in [0.05, 0.1) is 5.01 Å². The molecule has 2 heterocycles. The van der Waals surface area contributed by atoms with E-state index in [0.29, 0.717) is 5.92 Å². The van der Waals surface area contributed by atoms with E-state index < -0.39 is 0 Å². The molecule has 94 valence electrons. The number of hydrogen-bond acceptors (Lipinski definition) is 4. The molecule has 2 fully saturated rings. The number of thiazole rings is 1. The molecule has 0 amide bonds. The second-order valence-electron chi connectivity index (χ2n) is 5.43. The zero-order valence-corrected chi connectivity index (χ0v) is 11.2. The Morgan fingerprint density at radius 2 is 2.47 bits per heavy atom. The van der Waals surface area contributed by atoms with E-state index in [1.165, 1.54) is 37.5 Å². The van der Waals surface area contributed by atoms with Gasteiger partial charge in [-0.15, -0.1) is 11.3 Å². The SMILES string of the molecule is CC(CN1CCNC(C2CC2)C1)c1nccs1. The van der Waals surface area contributed by atoms with Crippen LogP contribution in [0.5, 0.6) is 0 Å².